The summed E-state index contributed by atoms with van der Waals surface area (Å²) in [6.45, 7) is 14.4. The van der Waals surface area contributed by atoms with Gasteiger partial charge in [0.2, 0.25) is 0 Å². The average molecular weight is 902 g/mol. The van der Waals surface area contributed by atoms with Crippen LogP contribution in [-0.4, -0.2) is 36.8 Å². The van der Waals surface area contributed by atoms with Crippen molar-refractivity contribution in [2.45, 2.75) is 145 Å². The van der Waals surface area contributed by atoms with Crippen molar-refractivity contribution in [1.29, 1.82) is 0 Å². The predicted octanol–water partition coefficient (Wildman–Crippen LogP) is 13.1. The topological polar surface area (TPSA) is 0 Å². The van der Waals surface area contributed by atoms with Crippen LogP contribution in [0.1, 0.15) is 119 Å². The Morgan fingerprint density at radius 3 is 0.921 bits per heavy atom. The molecular formula is C32H56Br2S2Sn2. The van der Waals surface area contributed by atoms with Gasteiger partial charge in [0.05, 0.1) is 0 Å². The summed E-state index contributed by atoms with van der Waals surface area (Å²) in [5.41, 5.74) is 0. The predicted molar refractivity (Wildman–Crippen MR) is 192 cm³/mol. The Hall–Kier alpha value is 1.96. The summed E-state index contributed by atoms with van der Waals surface area (Å²) in [5, 5.41) is 0. The molecule has 0 unspecified atom stereocenters. The monoisotopic (exact) mass is 902 g/mol. The molecule has 38 heavy (non-hydrogen) atoms. The molecule has 2 aromatic rings. The fourth-order valence-corrected chi connectivity index (χ4v) is 49.7. The molecule has 218 valence electrons. The maximum atomic E-state index is 4.12. The van der Waals surface area contributed by atoms with E-state index in [0.29, 0.717) is 0 Å². The van der Waals surface area contributed by atoms with Crippen LogP contribution in [0, 0.1) is 0 Å². The van der Waals surface area contributed by atoms with Crippen molar-refractivity contribution < 1.29 is 0 Å². The zero-order valence-electron chi connectivity index (χ0n) is 25.5. The van der Waals surface area contributed by atoms with Gasteiger partial charge in [0, 0.05) is 0 Å². The third kappa shape index (κ3) is 10.0. The zero-order chi connectivity index (χ0) is 28.0. The van der Waals surface area contributed by atoms with Gasteiger partial charge in [-0.1, -0.05) is 0 Å². The molecule has 0 amide bonds. The van der Waals surface area contributed by atoms with Gasteiger partial charge in [-0.15, -0.1) is 0 Å². The van der Waals surface area contributed by atoms with Gasteiger partial charge in [0.15, 0.2) is 0 Å². The van der Waals surface area contributed by atoms with E-state index in [2.05, 4.69) is 108 Å². The fraction of sp³-hybridized carbons (Fsp3) is 0.750. The van der Waals surface area contributed by atoms with E-state index in [1.807, 2.05) is 5.79 Å². The van der Waals surface area contributed by atoms with Crippen LogP contribution in [0.25, 0.3) is 9.75 Å². The molecular weight excluding hydrogens is 846 g/mol. The molecule has 0 fully saturated rings. The standard InChI is InChI=1S/C8H2Br2S2.6C4H9.2Sn/c9-5-1-3-11-7(5)8-6(10)2-4-12-8;6*1-3-4-2;;/h1-2H;6*1,3-4H2,2H3;;. The van der Waals surface area contributed by atoms with Crippen LogP contribution >= 0.6 is 54.5 Å². The minimum absolute atomic E-state index is 1.35. The van der Waals surface area contributed by atoms with E-state index in [4.69, 9.17) is 0 Å². The van der Waals surface area contributed by atoms with Crippen molar-refractivity contribution in [1.82, 2.24) is 0 Å². The van der Waals surface area contributed by atoms with Crippen molar-refractivity contribution >= 4 is 97.1 Å². The first kappa shape index (κ1) is 36.2. The Morgan fingerprint density at radius 2 is 0.711 bits per heavy atom. The van der Waals surface area contributed by atoms with Gasteiger partial charge in [0.1, 0.15) is 0 Å². The molecule has 0 aliphatic carbocycles. The van der Waals surface area contributed by atoms with E-state index in [1.54, 1.807) is 26.6 Å². The molecule has 0 aliphatic heterocycles. The fourth-order valence-electron chi connectivity index (χ4n) is 6.15. The Balaban J connectivity index is 2.57. The van der Waals surface area contributed by atoms with Crippen LogP contribution in [0.2, 0.25) is 26.6 Å². The van der Waals surface area contributed by atoms with Crippen molar-refractivity contribution in [2.75, 3.05) is 0 Å². The molecule has 0 nitrogen and oxygen atoms in total. The third-order valence-corrected chi connectivity index (χ3v) is 49.3. The van der Waals surface area contributed by atoms with Crippen LogP contribution in [-0.2, 0) is 0 Å². The molecule has 0 saturated carbocycles. The number of halogens is 2. The summed E-state index contributed by atoms with van der Waals surface area (Å²) >= 11 is 7.80. The number of thiophene rings is 2. The van der Waals surface area contributed by atoms with Gasteiger partial charge in [-0.3, -0.25) is 0 Å². The van der Waals surface area contributed by atoms with Crippen molar-refractivity contribution in [3.8, 4) is 9.75 Å². The summed E-state index contributed by atoms with van der Waals surface area (Å²) in [5.74, 6) is 0. The summed E-state index contributed by atoms with van der Waals surface area (Å²) in [6, 6.07) is 5.26. The Bertz CT molecular complexity index is 803. The molecule has 6 heteroatoms. The van der Waals surface area contributed by atoms with Crippen molar-refractivity contribution in [3.05, 3.63) is 21.1 Å². The second-order valence-electron chi connectivity index (χ2n) is 11.8. The molecule has 2 heterocycles. The van der Waals surface area contributed by atoms with Crippen LogP contribution < -0.4 is 5.79 Å². The third-order valence-electron chi connectivity index (χ3n) is 8.68. The second kappa shape index (κ2) is 19.3. The van der Waals surface area contributed by atoms with Gasteiger partial charge < -0.3 is 0 Å². The summed E-state index contributed by atoms with van der Waals surface area (Å²) in [4.78, 5) is 3.07. The van der Waals surface area contributed by atoms with Gasteiger partial charge in [-0.05, 0) is 0 Å². The Labute approximate surface area is 269 Å². The maximum absolute atomic E-state index is 4.12. The number of hydrogen-bond donors (Lipinski definition) is 0. The van der Waals surface area contributed by atoms with Gasteiger partial charge in [-0.2, -0.15) is 0 Å². The van der Waals surface area contributed by atoms with E-state index in [1.165, 1.54) is 95.7 Å². The number of rotatable bonds is 21. The average Bonchev–Trinajstić information content (AvgIpc) is 3.50. The molecule has 0 aromatic carbocycles. The SMILES string of the molecule is CCC[CH2][Sn]([CH2]CCC)([CH2]CCC)[c]1cc(Br)c(-c2s[c]([Sn]([CH2]CCC)([CH2]CCC)[CH2]CCC)cc2Br)s1. The van der Waals surface area contributed by atoms with E-state index < -0.39 is 36.8 Å². The van der Waals surface area contributed by atoms with Crippen LogP contribution in [0.5, 0.6) is 0 Å². The minimum atomic E-state index is -2.43. The normalized spacial score (nSPS) is 12.5. The quantitative estimate of drug-likeness (QED) is 0.110. The van der Waals surface area contributed by atoms with E-state index >= 15 is 0 Å². The molecule has 0 radical (unpaired) electrons. The first-order valence-electron chi connectivity index (χ1n) is 16.0. The zero-order valence-corrected chi connectivity index (χ0v) is 36.0. The first-order chi connectivity index (χ1) is 18.4. The first-order valence-corrected chi connectivity index (χ1v) is 34.1. The van der Waals surface area contributed by atoms with Crippen LogP contribution in [0.3, 0.4) is 0 Å². The molecule has 0 saturated heterocycles. The summed E-state index contributed by atoms with van der Waals surface area (Å²) < 4.78 is 15.8. The summed E-state index contributed by atoms with van der Waals surface area (Å²) in [7, 11) is 0. The van der Waals surface area contributed by atoms with Crippen LogP contribution in [0.4, 0.5) is 0 Å². The summed E-state index contributed by atoms with van der Waals surface area (Å²) in [6.07, 6.45) is 16.7. The van der Waals surface area contributed by atoms with Gasteiger partial charge in [0.25, 0.3) is 0 Å². The molecule has 0 N–H and O–H groups in total. The molecule has 0 bridgehead atoms. The Kier molecular flexibility index (Phi) is 18.3. The molecule has 0 aliphatic rings. The molecule has 2 rings (SSSR count). The van der Waals surface area contributed by atoms with E-state index in [9.17, 15) is 0 Å². The van der Waals surface area contributed by atoms with Crippen molar-refractivity contribution in [2.24, 2.45) is 0 Å². The Morgan fingerprint density at radius 1 is 0.474 bits per heavy atom. The van der Waals surface area contributed by atoms with Crippen LogP contribution in [0.15, 0.2) is 21.1 Å². The molecule has 2 aromatic heterocycles. The van der Waals surface area contributed by atoms with E-state index in [-0.39, 0.29) is 0 Å². The van der Waals surface area contributed by atoms with Gasteiger partial charge in [-0.25, -0.2) is 0 Å². The van der Waals surface area contributed by atoms with E-state index in [0.717, 1.165) is 0 Å². The van der Waals surface area contributed by atoms with Crippen molar-refractivity contribution in [3.63, 3.8) is 0 Å². The number of hydrogen-bond acceptors (Lipinski definition) is 2. The molecule has 0 spiro atoms. The molecule has 0 atom stereocenters. The number of unbranched alkanes of at least 4 members (excludes halogenated alkanes) is 6. The van der Waals surface area contributed by atoms with Gasteiger partial charge >= 0.3 is 273 Å². The second-order valence-corrected chi connectivity index (χ2v) is 43.9.